The number of hydrogen-bond acceptors (Lipinski definition) is 11. The summed E-state index contributed by atoms with van der Waals surface area (Å²) in [5.74, 6) is 0.280. The van der Waals surface area contributed by atoms with Crippen LogP contribution in [-0.2, 0) is 19.6 Å². The SMILES string of the molecule is COc1cc(OC)c2c(O[C@H]3C[C@H]4C(=O)N(C)CCCC/C=C\[C@@H]5C[C@@]5(C(=O)NS(=O)(=O)C5(C)CC5)NC(=O)N4C3)cc(-c3nc(C(C)C)cs3)nc2c1. The van der Waals surface area contributed by atoms with E-state index in [1.807, 2.05) is 23.6 Å². The van der Waals surface area contributed by atoms with Crippen LogP contribution >= 0.6 is 11.3 Å². The first-order valence-corrected chi connectivity index (χ1v) is 20.8. The highest BCUT2D eigenvalue weighted by Crippen LogP contribution is 2.48. The number of ether oxygens (including phenoxy) is 3. The number of nitrogens with one attached hydrogen (secondary N) is 2. The van der Waals surface area contributed by atoms with Crippen molar-refractivity contribution in [2.24, 2.45) is 5.92 Å². The topological polar surface area (TPSA) is 169 Å². The number of methoxy groups -OCH3 is 2. The fourth-order valence-electron chi connectivity index (χ4n) is 7.20. The number of likely N-dealkylation sites (N-methyl/N-ethyl adjacent to an activating group) is 1. The van der Waals surface area contributed by atoms with Crippen molar-refractivity contribution in [3.63, 3.8) is 0 Å². The molecule has 2 aliphatic heterocycles. The lowest BCUT2D eigenvalue weighted by atomic mass is 10.1. The molecule has 4 heterocycles. The van der Waals surface area contributed by atoms with Crippen LogP contribution < -0.4 is 24.2 Å². The van der Waals surface area contributed by atoms with E-state index < -0.39 is 50.3 Å². The second-order valence-corrected chi connectivity index (χ2v) is 18.4. The number of allylic oxidation sites excluding steroid dienone is 1. The fraction of sp³-hybridized carbons (Fsp3) is 0.553. The zero-order valence-corrected chi connectivity index (χ0v) is 33.1. The van der Waals surface area contributed by atoms with Crippen molar-refractivity contribution < 1.29 is 37.0 Å². The van der Waals surface area contributed by atoms with Crippen LogP contribution in [0.15, 0.2) is 35.7 Å². The van der Waals surface area contributed by atoms with Crippen molar-refractivity contribution in [3.05, 3.63) is 41.4 Å². The smallest absolute Gasteiger partial charge is 0.319 e. The summed E-state index contributed by atoms with van der Waals surface area (Å²) in [5, 5.41) is 6.20. The maximum absolute atomic E-state index is 14.3. The van der Waals surface area contributed by atoms with Gasteiger partial charge in [-0.05, 0) is 51.4 Å². The van der Waals surface area contributed by atoms with E-state index in [-0.39, 0.29) is 31.2 Å². The molecule has 2 saturated carbocycles. The number of aromatic nitrogens is 2. The van der Waals surface area contributed by atoms with Gasteiger partial charge in [0.05, 0.1) is 42.1 Å². The maximum Gasteiger partial charge on any atom is 0.319 e. The Morgan fingerprint density at radius 2 is 1.87 bits per heavy atom. The Morgan fingerprint density at radius 3 is 2.56 bits per heavy atom. The number of fused-ring (bicyclic) bond motifs is 3. The molecule has 14 nitrogen and oxygen atoms in total. The van der Waals surface area contributed by atoms with E-state index in [4.69, 9.17) is 24.2 Å². The predicted molar refractivity (Wildman–Crippen MR) is 204 cm³/mol. The molecular formula is C38H48N6O8S2. The Bertz CT molecular complexity index is 2110. The summed E-state index contributed by atoms with van der Waals surface area (Å²) in [7, 11) is 0.886. The quantitative estimate of drug-likeness (QED) is 0.283. The minimum atomic E-state index is -3.95. The number of rotatable bonds is 9. The number of thiazole rings is 1. The van der Waals surface area contributed by atoms with Crippen molar-refractivity contribution in [2.75, 3.05) is 34.4 Å². The largest absolute Gasteiger partial charge is 0.497 e. The van der Waals surface area contributed by atoms with Gasteiger partial charge in [0.25, 0.3) is 5.91 Å². The minimum absolute atomic E-state index is 0.0248. The van der Waals surface area contributed by atoms with E-state index in [2.05, 4.69) is 23.9 Å². The average Bonchev–Trinajstić information content (AvgIpc) is 3.91. The molecule has 1 aromatic carbocycles. The monoisotopic (exact) mass is 780 g/mol. The van der Waals surface area contributed by atoms with E-state index in [1.54, 1.807) is 45.2 Å². The van der Waals surface area contributed by atoms with E-state index >= 15 is 0 Å². The van der Waals surface area contributed by atoms with Gasteiger partial charge in [-0.15, -0.1) is 11.3 Å². The molecule has 4 amide bonds. The van der Waals surface area contributed by atoms with E-state index in [1.165, 1.54) is 16.2 Å². The first kappa shape index (κ1) is 37.9. The van der Waals surface area contributed by atoms with Gasteiger partial charge in [0.1, 0.15) is 45.6 Å². The first-order chi connectivity index (χ1) is 25.7. The molecule has 7 rings (SSSR count). The summed E-state index contributed by atoms with van der Waals surface area (Å²) >= 11 is 1.48. The van der Waals surface area contributed by atoms with Gasteiger partial charge in [-0.2, -0.15) is 0 Å². The Balaban J connectivity index is 1.22. The van der Waals surface area contributed by atoms with Gasteiger partial charge in [-0.3, -0.25) is 14.3 Å². The van der Waals surface area contributed by atoms with Gasteiger partial charge in [0, 0.05) is 49.5 Å². The van der Waals surface area contributed by atoms with Crippen molar-refractivity contribution in [1.82, 2.24) is 29.8 Å². The standard InChI is InChI=1S/C38H48N6O8S2/c1-22(2)28-21-53-33(40-28)27-18-31(32-26(39-27)15-24(50-5)17-30(32)51-6)52-25-16-29-34(45)43(4)14-10-8-7-9-11-23-19-38(23,41-36(47)44(29)20-25)35(46)42-54(48,49)37(3)12-13-37/h9,11,15,17-18,21-23,25,29H,7-8,10,12-14,16,19-20H2,1-6H3,(H,41,47)(H,42,46)/b11-9-/t23-,25+,29+,38-/m1/s1. The van der Waals surface area contributed by atoms with Crippen LogP contribution in [0.3, 0.4) is 0 Å². The number of amides is 4. The molecule has 4 atom stereocenters. The summed E-state index contributed by atoms with van der Waals surface area (Å²) < 4.78 is 45.6. The molecule has 0 radical (unpaired) electrons. The Morgan fingerprint density at radius 1 is 1.09 bits per heavy atom. The fourth-order valence-corrected chi connectivity index (χ4v) is 9.46. The molecular weight excluding hydrogens is 733 g/mol. The second kappa shape index (κ2) is 14.3. The molecule has 1 saturated heterocycles. The lowest BCUT2D eigenvalue weighted by molar-refractivity contribution is -0.134. The number of benzene rings is 1. The molecule has 3 aromatic rings. The average molecular weight is 781 g/mol. The highest BCUT2D eigenvalue weighted by Gasteiger charge is 2.63. The molecule has 290 valence electrons. The lowest BCUT2D eigenvalue weighted by Crippen LogP contribution is -2.58. The van der Waals surface area contributed by atoms with E-state index in [0.29, 0.717) is 58.2 Å². The lowest BCUT2D eigenvalue weighted by Gasteiger charge is -2.30. The van der Waals surface area contributed by atoms with Gasteiger partial charge in [-0.1, -0.05) is 26.0 Å². The van der Waals surface area contributed by atoms with Crippen LogP contribution in [0.4, 0.5) is 4.79 Å². The zero-order chi connectivity index (χ0) is 38.6. The molecule has 3 fully saturated rings. The van der Waals surface area contributed by atoms with Crippen molar-refractivity contribution in [3.8, 4) is 28.0 Å². The Kier molecular flexibility index (Phi) is 10.0. The molecule has 4 aliphatic rings. The van der Waals surface area contributed by atoms with Crippen LogP contribution in [-0.4, -0.2) is 103 Å². The molecule has 54 heavy (non-hydrogen) atoms. The Hall–Kier alpha value is -4.44. The van der Waals surface area contributed by atoms with E-state index in [0.717, 1.165) is 25.0 Å². The summed E-state index contributed by atoms with van der Waals surface area (Å²) in [6, 6.07) is 3.81. The number of nitrogens with zero attached hydrogens (tertiary/aromatic N) is 4. The highest BCUT2D eigenvalue weighted by atomic mass is 32.2. The molecule has 0 unspecified atom stereocenters. The van der Waals surface area contributed by atoms with Crippen LogP contribution in [0, 0.1) is 5.92 Å². The second-order valence-electron chi connectivity index (χ2n) is 15.4. The molecule has 2 aliphatic carbocycles. The number of urea groups is 1. The van der Waals surface area contributed by atoms with Crippen LogP contribution in [0.1, 0.15) is 77.3 Å². The van der Waals surface area contributed by atoms with Crippen LogP contribution in [0.2, 0.25) is 0 Å². The van der Waals surface area contributed by atoms with Crippen LogP contribution in [0.5, 0.6) is 17.2 Å². The molecule has 2 N–H and O–H groups in total. The number of carbonyl (C=O) groups excluding carboxylic acids is 3. The van der Waals surface area contributed by atoms with Crippen molar-refractivity contribution in [2.45, 2.75) is 94.1 Å². The number of hydrogen-bond donors (Lipinski definition) is 2. The zero-order valence-electron chi connectivity index (χ0n) is 31.5. The normalized spacial score (nSPS) is 26.0. The third-order valence-electron chi connectivity index (χ3n) is 11.1. The van der Waals surface area contributed by atoms with Gasteiger partial charge in [0.15, 0.2) is 0 Å². The predicted octanol–water partition coefficient (Wildman–Crippen LogP) is 4.99. The van der Waals surface area contributed by atoms with E-state index in [9.17, 15) is 22.8 Å². The third-order valence-corrected chi connectivity index (χ3v) is 14.2. The number of carbonyl (C=O) groups is 3. The third kappa shape index (κ3) is 7.09. The maximum atomic E-state index is 14.3. The highest BCUT2D eigenvalue weighted by molar-refractivity contribution is 7.91. The molecule has 2 aromatic heterocycles. The summed E-state index contributed by atoms with van der Waals surface area (Å²) in [6.07, 6.45) is 6.85. The van der Waals surface area contributed by atoms with Gasteiger partial charge < -0.3 is 29.3 Å². The molecule has 0 spiro atoms. The number of pyridine rings is 1. The molecule has 0 bridgehead atoms. The summed E-state index contributed by atoms with van der Waals surface area (Å²) in [6.45, 7) is 6.30. The first-order valence-electron chi connectivity index (χ1n) is 18.4. The minimum Gasteiger partial charge on any atom is -0.497 e. The van der Waals surface area contributed by atoms with Crippen molar-refractivity contribution >= 4 is 50.1 Å². The summed E-state index contributed by atoms with van der Waals surface area (Å²) in [4.78, 5) is 54.9. The van der Waals surface area contributed by atoms with Gasteiger partial charge in [-0.25, -0.2) is 23.2 Å². The van der Waals surface area contributed by atoms with Gasteiger partial charge >= 0.3 is 6.03 Å². The summed E-state index contributed by atoms with van der Waals surface area (Å²) in [5.41, 5.74) is 0.618. The van der Waals surface area contributed by atoms with Crippen LogP contribution in [0.25, 0.3) is 21.6 Å². The molecule has 16 heteroatoms. The Labute approximate surface area is 319 Å². The van der Waals surface area contributed by atoms with Crippen molar-refractivity contribution in [1.29, 1.82) is 0 Å². The number of sulfonamides is 1. The van der Waals surface area contributed by atoms with Gasteiger partial charge in [0.2, 0.25) is 15.9 Å².